The molecule has 0 aliphatic heterocycles. The van der Waals surface area contributed by atoms with Crippen molar-refractivity contribution in [3.05, 3.63) is 31.8 Å². The van der Waals surface area contributed by atoms with Gasteiger partial charge in [0.25, 0.3) is 0 Å². The largest absolute Gasteiger partial charge is 0.417 e. The second-order valence-electron chi connectivity index (χ2n) is 2.12. The van der Waals surface area contributed by atoms with Crippen molar-refractivity contribution >= 4 is 38.5 Å². The zero-order chi connectivity index (χ0) is 9.35. The molecule has 0 amide bonds. The van der Waals surface area contributed by atoms with E-state index in [1.165, 1.54) is 6.07 Å². The van der Waals surface area contributed by atoms with E-state index in [4.69, 9.17) is 0 Å². The van der Waals surface area contributed by atoms with Gasteiger partial charge >= 0.3 is 6.18 Å². The maximum atomic E-state index is 12.2. The normalized spacial score (nSPS) is 11.8. The van der Waals surface area contributed by atoms with Crippen molar-refractivity contribution in [2.24, 2.45) is 0 Å². The highest BCUT2D eigenvalue weighted by atomic mass is 127. The van der Waals surface area contributed by atoms with Crippen LogP contribution in [0.5, 0.6) is 0 Å². The molecule has 0 aromatic heterocycles. The first-order valence-electron chi connectivity index (χ1n) is 2.93. The number of benzene rings is 1. The molecule has 0 saturated heterocycles. The smallest absolute Gasteiger partial charge is 0.166 e. The molecule has 66 valence electrons. The van der Waals surface area contributed by atoms with Crippen molar-refractivity contribution in [1.29, 1.82) is 0 Å². The van der Waals surface area contributed by atoms with E-state index in [0.29, 0.717) is 4.47 Å². The second-order valence-corrected chi connectivity index (χ2v) is 4.20. The topological polar surface area (TPSA) is 0 Å². The number of halogens is 5. The van der Waals surface area contributed by atoms with E-state index >= 15 is 0 Å². The molecule has 0 N–H and O–H groups in total. The van der Waals surface area contributed by atoms with E-state index in [-0.39, 0.29) is 3.57 Å². The Morgan fingerprint density at radius 2 is 1.83 bits per heavy atom. The molecule has 0 spiro atoms. The maximum Gasteiger partial charge on any atom is 0.417 e. The molecule has 1 aromatic rings. The molecule has 5 heteroatoms. The molecule has 0 unspecified atom stereocenters. The van der Waals surface area contributed by atoms with E-state index < -0.39 is 11.7 Å². The average molecular weight is 351 g/mol. The molecule has 0 fully saturated rings. The first-order chi connectivity index (χ1) is 5.41. The van der Waals surface area contributed by atoms with Gasteiger partial charge in [-0.05, 0) is 40.8 Å². The summed E-state index contributed by atoms with van der Waals surface area (Å²) in [7, 11) is 0. The van der Waals surface area contributed by atoms with Crippen molar-refractivity contribution in [2.45, 2.75) is 6.18 Å². The highest BCUT2D eigenvalue weighted by molar-refractivity contribution is 14.1. The Labute approximate surface area is 89.4 Å². The molecular formula is C7H3BrF3I. The van der Waals surface area contributed by atoms with Gasteiger partial charge in [0.1, 0.15) is 0 Å². The van der Waals surface area contributed by atoms with Crippen LogP contribution in [0.1, 0.15) is 5.56 Å². The van der Waals surface area contributed by atoms with Gasteiger partial charge in [-0.15, -0.1) is 0 Å². The summed E-state index contributed by atoms with van der Waals surface area (Å²) in [6.45, 7) is 0. The lowest BCUT2D eigenvalue weighted by Crippen LogP contribution is -2.07. The molecule has 0 aliphatic carbocycles. The van der Waals surface area contributed by atoms with Crippen LogP contribution in [0, 0.1) is 3.57 Å². The molecule has 0 bridgehead atoms. The van der Waals surface area contributed by atoms with Gasteiger partial charge in [-0.3, -0.25) is 0 Å². The third-order valence-electron chi connectivity index (χ3n) is 1.23. The van der Waals surface area contributed by atoms with Gasteiger partial charge in [-0.2, -0.15) is 13.2 Å². The quantitative estimate of drug-likeness (QED) is 0.619. The Morgan fingerprint density at radius 1 is 1.25 bits per heavy atom. The van der Waals surface area contributed by atoms with Gasteiger partial charge in [0.15, 0.2) is 0 Å². The lowest BCUT2D eigenvalue weighted by Gasteiger charge is -2.08. The molecule has 1 rings (SSSR count). The van der Waals surface area contributed by atoms with E-state index in [9.17, 15) is 13.2 Å². The van der Waals surface area contributed by atoms with Gasteiger partial charge in [-0.1, -0.05) is 15.9 Å². The van der Waals surface area contributed by atoms with Gasteiger partial charge in [-0.25, -0.2) is 0 Å². The Hall–Kier alpha value is 0.220. The third-order valence-corrected chi connectivity index (χ3v) is 2.67. The standard InChI is InChI=1S/C7H3BrF3I/c8-4-1-2-6(12)5(3-4)7(9,10)11/h1-3H. The van der Waals surface area contributed by atoms with Crippen LogP contribution in [0.3, 0.4) is 0 Å². The van der Waals surface area contributed by atoms with Gasteiger partial charge in [0.05, 0.1) is 5.56 Å². The molecular weight excluding hydrogens is 348 g/mol. The average Bonchev–Trinajstić information content (AvgIpc) is 1.92. The summed E-state index contributed by atoms with van der Waals surface area (Å²) in [5.74, 6) is 0. The summed E-state index contributed by atoms with van der Waals surface area (Å²) in [4.78, 5) is 0. The summed E-state index contributed by atoms with van der Waals surface area (Å²) in [6, 6.07) is 4.08. The molecule has 0 heterocycles. The summed E-state index contributed by atoms with van der Waals surface area (Å²) < 4.78 is 37.3. The summed E-state index contributed by atoms with van der Waals surface area (Å²) in [5, 5.41) is 0. The highest BCUT2D eigenvalue weighted by Gasteiger charge is 2.32. The summed E-state index contributed by atoms with van der Waals surface area (Å²) in [6.07, 6.45) is -4.26. The Kier molecular flexibility index (Phi) is 3.03. The Balaban J connectivity index is 3.23. The predicted molar refractivity (Wildman–Crippen MR) is 51.9 cm³/mol. The van der Waals surface area contributed by atoms with E-state index in [1.54, 1.807) is 28.7 Å². The van der Waals surface area contributed by atoms with Crippen LogP contribution in [-0.2, 0) is 6.18 Å². The Morgan fingerprint density at radius 3 is 2.25 bits per heavy atom. The second kappa shape index (κ2) is 3.53. The first kappa shape index (κ1) is 10.3. The van der Waals surface area contributed by atoms with Crippen LogP contribution in [0.15, 0.2) is 22.7 Å². The fourth-order valence-corrected chi connectivity index (χ4v) is 1.72. The van der Waals surface area contributed by atoms with Crippen LogP contribution >= 0.6 is 38.5 Å². The van der Waals surface area contributed by atoms with Gasteiger partial charge < -0.3 is 0 Å². The molecule has 0 radical (unpaired) electrons. The molecule has 0 aliphatic rings. The molecule has 12 heavy (non-hydrogen) atoms. The van der Waals surface area contributed by atoms with Gasteiger partial charge in [0.2, 0.25) is 0 Å². The van der Waals surface area contributed by atoms with Crippen LogP contribution in [-0.4, -0.2) is 0 Å². The fourth-order valence-electron chi connectivity index (χ4n) is 0.715. The summed E-state index contributed by atoms with van der Waals surface area (Å²) in [5.41, 5.74) is -0.600. The maximum absolute atomic E-state index is 12.2. The van der Waals surface area contributed by atoms with Crippen LogP contribution in [0.25, 0.3) is 0 Å². The number of hydrogen-bond acceptors (Lipinski definition) is 0. The monoisotopic (exact) mass is 350 g/mol. The lowest BCUT2D eigenvalue weighted by molar-refractivity contribution is -0.138. The predicted octanol–water partition coefficient (Wildman–Crippen LogP) is 4.07. The Bertz CT molecular complexity index is 295. The van der Waals surface area contributed by atoms with Crippen molar-refractivity contribution in [2.75, 3.05) is 0 Å². The third kappa shape index (κ3) is 2.35. The summed E-state index contributed by atoms with van der Waals surface area (Å²) >= 11 is 4.65. The molecule has 0 nitrogen and oxygen atoms in total. The van der Waals surface area contributed by atoms with Crippen LogP contribution in [0.4, 0.5) is 13.2 Å². The number of hydrogen-bond donors (Lipinski definition) is 0. The minimum atomic E-state index is -4.26. The van der Waals surface area contributed by atoms with E-state index in [1.807, 2.05) is 0 Å². The minimum Gasteiger partial charge on any atom is -0.166 e. The van der Waals surface area contributed by atoms with Crippen LogP contribution in [0.2, 0.25) is 0 Å². The molecule has 0 saturated carbocycles. The number of alkyl halides is 3. The van der Waals surface area contributed by atoms with E-state index in [0.717, 1.165) is 6.07 Å². The zero-order valence-electron chi connectivity index (χ0n) is 5.62. The lowest BCUT2D eigenvalue weighted by atomic mass is 10.2. The van der Waals surface area contributed by atoms with E-state index in [2.05, 4.69) is 15.9 Å². The molecule has 0 atom stereocenters. The van der Waals surface area contributed by atoms with Crippen molar-refractivity contribution < 1.29 is 13.2 Å². The van der Waals surface area contributed by atoms with Crippen molar-refractivity contribution in [1.82, 2.24) is 0 Å². The van der Waals surface area contributed by atoms with Gasteiger partial charge in [0, 0.05) is 8.04 Å². The number of rotatable bonds is 0. The zero-order valence-corrected chi connectivity index (χ0v) is 9.37. The highest BCUT2D eigenvalue weighted by Crippen LogP contribution is 2.34. The SMILES string of the molecule is FC(F)(F)c1cc(Br)ccc1I. The van der Waals surface area contributed by atoms with Crippen molar-refractivity contribution in [3.8, 4) is 0 Å². The van der Waals surface area contributed by atoms with Crippen LogP contribution < -0.4 is 0 Å². The van der Waals surface area contributed by atoms with Crippen molar-refractivity contribution in [3.63, 3.8) is 0 Å². The first-order valence-corrected chi connectivity index (χ1v) is 4.80. The minimum absolute atomic E-state index is 0.211. The fraction of sp³-hybridized carbons (Fsp3) is 0.143. The molecule has 1 aromatic carbocycles.